The van der Waals surface area contributed by atoms with Crippen LogP contribution in [0.2, 0.25) is 0 Å². The highest BCUT2D eigenvalue weighted by Gasteiger charge is 2.18. The number of amides is 1. The largest absolute Gasteiger partial charge is 0.497 e. The van der Waals surface area contributed by atoms with Gasteiger partial charge in [0.15, 0.2) is 0 Å². The molecule has 32 heavy (non-hydrogen) atoms. The molecule has 3 aromatic carbocycles. The molecule has 0 aliphatic carbocycles. The van der Waals surface area contributed by atoms with Crippen LogP contribution in [0.4, 0.5) is 11.4 Å². The number of nitrogens with zero attached hydrogens (tertiary/aromatic N) is 2. The fraction of sp³-hybridized carbons (Fsp3) is 0.208. The lowest BCUT2D eigenvalue weighted by Crippen LogP contribution is -2.26. The van der Waals surface area contributed by atoms with Crippen LogP contribution < -0.4 is 14.4 Å². The summed E-state index contributed by atoms with van der Waals surface area (Å²) in [5.41, 5.74) is 2.76. The summed E-state index contributed by atoms with van der Waals surface area (Å²) in [4.78, 5) is 16.5. The van der Waals surface area contributed by atoms with Crippen LogP contribution in [0.1, 0.15) is 15.9 Å². The van der Waals surface area contributed by atoms with E-state index in [4.69, 9.17) is 4.74 Å². The van der Waals surface area contributed by atoms with Crippen LogP contribution in [0.15, 0.2) is 77.7 Å². The summed E-state index contributed by atoms with van der Waals surface area (Å²) in [7, 11) is 3.31. The number of carbonyl (C=O) groups excluding carboxylic acids is 1. The van der Waals surface area contributed by atoms with E-state index in [0.29, 0.717) is 23.5 Å². The molecular weight excluding hydrogens is 426 g/mol. The number of ether oxygens (including phenoxy) is 1. The van der Waals surface area contributed by atoms with E-state index in [9.17, 15) is 13.2 Å². The van der Waals surface area contributed by atoms with E-state index >= 15 is 0 Å². The Morgan fingerprint density at radius 2 is 1.59 bits per heavy atom. The minimum Gasteiger partial charge on any atom is -0.497 e. The smallest absolute Gasteiger partial charge is 0.261 e. The average Bonchev–Trinajstić information content (AvgIpc) is 2.79. The molecule has 0 fully saturated rings. The number of carbonyl (C=O) groups is 1. The molecule has 7 nitrogen and oxygen atoms in total. The van der Waals surface area contributed by atoms with Crippen molar-refractivity contribution in [1.29, 1.82) is 0 Å². The van der Waals surface area contributed by atoms with Gasteiger partial charge >= 0.3 is 0 Å². The van der Waals surface area contributed by atoms with Crippen LogP contribution in [0.25, 0.3) is 0 Å². The molecule has 0 aromatic heterocycles. The number of hydrogen-bond acceptors (Lipinski definition) is 5. The third-order valence-electron chi connectivity index (χ3n) is 4.95. The third-order valence-corrected chi connectivity index (χ3v) is 6.33. The molecule has 0 aliphatic rings. The summed E-state index contributed by atoms with van der Waals surface area (Å²) in [5.74, 6) is 0.364. The lowest BCUT2D eigenvalue weighted by molar-refractivity contribution is 0.0785. The first-order valence-corrected chi connectivity index (χ1v) is 11.5. The average molecular weight is 454 g/mol. The molecule has 1 N–H and O–H groups in total. The summed E-state index contributed by atoms with van der Waals surface area (Å²) in [5, 5.41) is 0. The van der Waals surface area contributed by atoms with Gasteiger partial charge < -0.3 is 14.5 Å². The summed E-state index contributed by atoms with van der Waals surface area (Å²) in [6.07, 6.45) is 0. The normalized spacial score (nSPS) is 11.0. The molecule has 0 saturated heterocycles. The molecule has 0 atom stereocenters. The molecule has 0 saturated carbocycles. The summed E-state index contributed by atoms with van der Waals surface area (Å²) in [6.45, 7) is 0.410. The van der Waals surface area contributed by atoms with Crippen molar-refractivity contribution in [2.24, 2.45) is 0 Å². The Hall–Kier alpha value is -3.52. The van der Waals surface area contributed by atoms with Crippen LogP contribution >= 0.6 is 0 Å². The molecule has 0 unspecified atom stereocenters. The number of hydrogen-bond donors (Lipinski definition) is 1. The van der Waals surface area contributed by atoms with E-state index in [1.165, 1.54) is 19.2 Å². The first-order valence-electron chi connectivity index (χ1n) is 9.98. The molecule has 0 spiro atoms. The van der Waals surface area contributed by atoms with Crippen LogP contribution in [0, 0.1) is 0 Å². The Labute approximate surface area is 189 Å². The van der Waals surface area contributed by atoms with E-state index in [2.05, 4.69) is 4.72 Å². The topological polar surface area (TPSA) is 78.9 Å². The standard InChI is InChI=1S/C24H27N3O4S/c1-26(2)21-12-8-18(9-13-21)17-27(3)24(28)19-6-5-7-23(16-19)32(29,30)25-20-10-14-22(31-4)15-11-20/h5-16,25H,17H2,1-4H3. The Bertz CT molecular complexity index is 1170. The van der Waals surface area contributed by atoms with Crippen LogP contribution in [-0.2, 0) is 16.6 Å². The van der Waals surface area contributed by atoms with Gasteiger partial charge in [0.1, 0.15) is 5.75 Å². The maximum absolute atomic E-state index is 12.9. The summed E-state index contributed by atoms with van der Waals surface area (Å²) >= 11 is 0. The van der Waals surface area contributed by atoms with Gasteiger partial charge in [-0.3, -0.25) is 9.52 Å². The third kappa shape index (κ3) is 5.59. The number of rotatable bonds is 8. The van der Waals surface area contributed by atoms with E-state index in [1.807, 2.05) is 43.3 Å². The fourth-order valence-corrected chi connectivity index (χ4v) is 4.24. The van der Waals surface area contributed by atoms with Gasteiger partial charge in [-0.2, -0.15) is 0 Å². The molecule has 0 bridgehead atoms. The predicted octanol–water partition coefficient (Wildman–Crippen LogP) is 3.83. The van der Waals surface area contributed by atoms with E-state index in [-0.39, 0.29) is 10.8 Å². The lowest BCUT2D eigenvalue weighted by atomic mass is 10.1. The Balaban J connectivity index is 1.73. The zero-order valence-corrected chi connectivity index (χ0v) is 19.4. The molecule has 0 radical (unpaired) electrons. The Morgan fingerprint density at radius 3 is 2.19 bits per heavy atom. The maximum Gasteiger partial charge on any atom is 0.261 e. The molecule has 0 heterocycles. The van der Waals surface area contributed by atoms with Crippen LogP contribution in [-0.4, -0.2) is 47.5 Å². The second-order valence-electron chi connectivity index (χ2n) is 7.58. The molecule has 8 heteroatoms. The van der Waals surface area contributed by atoms with E-state index in [1.54, 1.807) is 48.3 Å². The minimum atomic E-state index is -3.85. The van der Waals surface area contributed by atoms with Crippen molar-refractivity contribution >= 4 is 27.3 Å². The van der Waals surface area contributed by atoms with Crippen molar-refractivity contribution in [2.75, 3.05) is 37.9 Å². The van der Waals surface area contributed by atoms with Gasteiger partial charge in [0.05, 0.1) is 12.0 Å². The number of methoxy groups -OCH3 is 1. The van der Waals surface area contributed by atoms with Crippen molar-refractivity contribution in [1.82, 2.24) is 4.90 Å². The minimum absolute atomic E-state index is 0.0166. The highest BCUT2D eigenvalue weighted by molar-refractivity contribution is 7.92. The zero-order valence-electron chi connectivity index (χ0n) is 18.6. The fourth-order valence-electron chi connectivity index (χ4n) is 3.13. The van der Waals surface area contributed by atoms with Gasteiger partial charge in [0, 0.05) is 44.6 Å². The van der Waals surface area contributed by atoms with E-state index in [0.717, 1.165) is 11.3 Å². The van der Waals surface area contributed by atoms with Crippen molar-refractivity contribution in [3.05, 3.63) is 83.9 Å². The molecule has 0 aliphatic heterocycles. The molecule has 3 rings (SSSR count). The number of benzene rings is 3. The van der Waals surface area contributed by atoms with Crippen molar-refractivity contribution in [2.45, 2.75) is 11.4 Å². The van der Waals surface area contributed by atoms with Gasteiger partial charge in [0.2, 0.25) is 0 Å². The molecule has 1 amide bonds. The monoisotopic (exact) mass is 453 g/mol. The lowest BCUT2D eigenvalue weighted by Gasteiger charge is -2.19. The quantitative estimate of drug-likeness (QED) is 0.561. The SMILES string of the molecule is COc1ccc(NS(=O)(=O)c2cccc(C(=O)N(C)Cc3ccc(N(C)C)cc3)c2)cc1. The zero-order chi connectivity index (χ0) is 23.3. The second-order valence-corrected chi connectivity index (χ2v) is 9.27. The van der Waals surface area contributed by atoms with Crippen molar-refractivity contribution < 1.29 is 17.9 Å². The first-order chi connectivity index (χ1) is 15.2. The molecular formula is C24H27N3O4S. The van der Waals surface area contributed by atoms with Gasteiger partial charge in [-0.25, -0.2) is 8.42 Å². The highest BCUT2D eigenvalue weighted by atomic mass is 32.2. The molecule has 3 aromatic rings. The van der Waals surface area contributed by atoms with Gasteiger partial charge in [-0.1, -0.05) is 18.2 Å². The van der Waals surface area contributed by atoms with Crippen LogP contribution in [0.5, 0.6) is 5.75 Å². The number of anilines is 2. The van der Waals surface area contributed by atoms with Gasteiger partial charge in [-0.15, -0.1) is 0 Å². The second kappa shape index (κ2) is 9.74. The van der Waals surface area contributed by atoms with Gasteiger partial charge in [-0.05, 0) is 60.2 Å². The molecule has 168 valence electrons. The van der Waals surface area contributed by atoms with Crippen molar-refractivity contribution in [3.8, 4) is 5.75 Å². The predicted molar refractivity (Wildman–Crippen MR) is 127 cm³/mol. The summed E-state index contributed by atoms with van der Waals surface area (Å²) in [6, 6.07) is 20.5. The van der Waals surface area contributed by atoms with E-state index < -0.39 is 10.0 Å². The number of sulfonamides is 1. The Kier molecular flexibility index (Phi) is 7.05. The van der Waals surface area contributed by atoms with Crippen LogP contribution in [0.3, 0.4) is 0 Å². The first kappa shape index (κ1) is 23.1. The highest BCUT2D eigenvalue weighted by Crippen LogP contribution is 2.21. The van der Waals surface area contributed by atoms with Crippen molar-refractivity contribution in [3.63, 3.8) is 0 Å². The van der Waals surface area contributed by atoms with Gasteiger partial charge in [0.25, 0.3) is 15.9 Å². The maximum atomic E-state index is 12.9. The summed E-state index contributed by atoms with van der Waals surface area (Å²) < 4.78 is 33.2. The Morgan fingerprint density at radius 1 is 0.938 bits per heavy atom. The number of nitrogens with one attached hydrogen (secondary N) is 1.